The fraction of sp³-hybridized carbons (Fsp3) is 0.333. The average molecular weight is 507 g/mol. The highest BCUT2D eigenvalue weighted by atomic mass is 35.5. The van der Waals surface area contributed by atoms with Gasteiger partial charge in [-0.25, -0.2) is 14.4 Å². The van der Waals surface area contributed by atoms with Crippen molar-refractivity contribution in [2.24, 2.45) is 10.7 Å². The van der Waals surface area contributed by atoms with E-state index >= 15 is 0 Å². The number of carbonyl (C=O) groups is 3. The molecule has 2 aromatic rings. The number of ether oxygens (including phenoxy) is 2. The predicted molar refractivity (Wildman–Crippen MR) is 127 cm³/mol. The molecule has 2 fully saturated rings. The number of benzene rings is 2. The van der Waals surface area contributed by atoms with Crippen LogP contribution in [-0.2, 0) is 25.3 Å². The molecule has 0 aromatic heterocycles. The van der Waals surface area contributed by atoms with E-state index in [4.69, 9.17) is 10.5 Å². The zero-order chi connectivity index (χ0) is 25.4. The van der Waals surface area contributed by atoms with E-state index in [1.54, 1.807) is 42.5 Å². The van der Waals surface area contributed by atoms with Crippen LogP contribution in [0.2, 0.25) is 0 Å². The molecule has 2 saturated carbocycles. The van der Waals surface area contributed by atoms with Crippen LogP contribution in [0.15, 0.2) is 53.5 Å². The van der Waals surface area contributed by atoms with Crippen LogP contribution in [0.1, 0.15) is 57.5 Å². The van der Waals surface area contributed by atoms with Crippen molar-refractivity contribution in [2.45, 2.75) is 36.8 Å². The Bertz CT molecular complexity index is 1070. The van der Waals surface area contributed by atoms with Crippen molar-refractivity contribution in [3.8, 4) is 0 Å². The molecule has 2 aliphatic rings. The van der Waals surface area contributed by atoms with Crippen LogP contribution in [-0.4, -0.2) is 36.9 Å². The average Bonchev–Trinajstić information content (AvgIpc) is 3.77. The lowest BCUT2D eigenvalue weighted by Crippen LogP contribution is -2.18. The van der Waals surface area contributed by atoms with Crippen LogP contribution in [0.25, 0.3) is 0 Å². The second-order valence-corrected chi connectivity index (χ2v) is 8.63. The third-order valence-electron chi connectivity index (χ3n) is 5.50. The van der Waals surface area contributed by atoms with Crippen molar-refractivity contribution in [1.82, 2.24) is 0 Å². The van der Waals surface area contributed by atoms with E-state index in [2.05, 4.69) is 37.7 Å². The van der Waals surface area contributed by atoms with E-state index in [1.165, 1.54) is 14.2 Å². The summed E-state index contributed by atoms with van der Waals surface area (Å²) in [5, 5.41) is 0. The first-order valence-corrected chi connectivity index (χ1v) is 11.0. The number of isocyanates is 1. The third kappa shape index (κ3) is 7.50. The summed E-state index contributed by atoms with van der Waals surface area (Å²) in [5.74, 6) is -0.672. The third-order valence-corrected chi connectivity index (χ3v) is 5.50. The molecule has 10 heteroatoms. The number of esters is 2. The number of carbonyl (C=O) groups excluding carboxylic acids is 4. The van der Waals surface area contributed by atoms with Gasteiger partial charge in [-0.3, -0.25) is 4.79 Å². The minimum absolute atomic E-state index is 0.130. The summed E-state index contributed by atoms with van der Waals surface area (Å²) >= 11 is 8.80. The molecular formula is C24H24Cl2N2O6. The van der Waals surface area contributed by atoms with Gasteiger partial charge >= 0.3 is 16.6 Å². The molecule has 0 heterocycles. The molecule has 0 unspecified atom stereocenters. The fourth-order valence-electron chi connectivity index (χ4n) is 3.18. The Morgan fingerprint density at radius 1 is 0.824 bits per heavy atom. The molecule has 2 aromatic carbocycles. The van der Waals surface area contributed by atoms with Crippen LogP contribution >= 0.6 is 23.2 Å². The summed E-state index contributed by atoms with van der Waals surface area (Å²) in [6.45, 7) is 0. The first-order valence-electron chi connectivity index (χ1n) is 10.2. The van der Waals surface area contributed by atoms with Crippen molar-refractivity contribution < 1.29 is 28.7 Å². The fourth-order valence-corrected chi connectivity index (χ4v) is 3.18. The van der Waals surface area contributed by atoms with E-state index in [9.17, 15) is 14.4 Å². The van der Waals surface area contributed by atoms with Gasteiger partial charge in [0.25, 0.3) is 0 Å². The molecule has 2 N–H and O–H groups in total. The van der Waals surface area contributed by atoms with Gasteiger partial charge in [-0.05, 0) is 84.3 Å². The molecule has 0 saturated heterocycles. The number of nitrogens with two attached hydrogens (primary N) is 1. The van der Waals surface area contributed by atoms with E-state index in [0.717, 1.165) is 36.8 Å². The minimum atomic E-state index is -0.889. The second kappa shape index (κ2) is 11.9. The van der Waals surface area contributed by atoms with Gasteiger partial charge in [-0.1, -0.05) is 24.3 Å². The molecule has 0 radical (unpaired) electrons. The Hall–Kier alpha value is -3.03. The summed E-state index contributed by atoms with van der Waals surface area (Å²) in [6, 6.07) is 14.3. The zero-order valence-electron chi connectivity index (χ0n) is 18.7. The lowest BCUT2D eigenvalue weighted by molar-refractivity contribution is 0.0592. The van der Waals surface area contributed by atoms with Crippen molar-refractivity contribution in [1.29, 1.82) is 0 Å². The highest BCUT2D eigenvalue weighted by molar-refractivity contribution is 6.93. The Labute approximate surface area is 207 Å². The van der Waals surface area contributed by atoms with Gasteiger partial charge in [-0.2, -0.15) is 4.99 Å². The van der Waals surface area contributed by atoms with Gasteiger partial charge in [0.2, 0.25) is 6.08 Å². The number of aliphatic imine (C=N–C) groups is 1. The normalized spacial score (nSPS) is 15.6. The van der Waals surface area contributed by atoms with Crippen molar-refractivity contribution >= 4 is 45.9 Å². The standard InChI is InChI=1S/C12H11NO3.C11H13NO2.CCl2O/c1-16-11(15)9-2-4-10(5-3-9)12(6-7-12)13-8-14;1-14-10(13)8-2-4-9(5-3-8)11(12)6-7-11;2-1(3)4/h2-5H,6-7H2,1H3;2-5H,6-7,12H2,1H3;. The van der Waals surface area contributed by atoms with Crippen LogP contribution in [0.4, 0.5) is 4.79 Å². The summed E-state index contributed by atoms with van der Waals surface area (Å²) in [7, 11) is 2.72. The van der Waals surface area contributed by atoms with Crippen LogP contribution < -0.4 is 5.73 Å². The van der Waals surface area contributed by atoms with Crippen molar-refractivity contribution in [3.05, 3.63) is 70.8 Å². The summed E-state index contributed by atoms with van der Waals surface area (Å²) in [6.07, 6.45) is 5.39. The highest BCUT2D eigenvalue weighted by Crippen LogP contribution is 2.49. The molecule has 34 heavy (non-hydrogen) atoms. The van der Waals surface area contributed by atoms with Gasteiger partial charge < -0.3 is 15.2 Å². The molecule has 180 valence electrons. The minimum Gasteiger partial charge on any atom is -0.465 e. The first kappa shape index (κ1) is 27.2. The zero-order valence-corrected chi connectivity index (χ0v) is 20.2. The Balaban J connectivity index is 0.000000209. The molecule has 2 aliphatic carbocycles. The maximum Gasteiger partial charge on any atom is 0.337 e. The number of nitrogens with zero attached hydrogens (tertiary/aromatic N) is 1. The summed E-state index contributed by atoms with van der Waals surface area (Å²) in [5.41, 5.74) is 8.62. The lowest BCUT2D eigenvalue weighted by atomic mass is 10.0. The molecule has 0 bridgehead atoms. The number of hydrogen-bond acceptors (Lipinski definition) is 8. The molecule has 0 aliphatic heterocycles. The van der Waals surface area contributed by atoms with Crippen LogP contribution in [0, 0.1) is 0 Å². The predicted octanol–water partition coefficient (Wildman–Crippen LogP) is 4.80. The van der Waals surface area contributed by atoms with Gasteiger partial charge in [-0.15, -0.1) is 0 Å². The Morgan fingerprint density at radius 3 is 1.50 bits per heavy atom. The van der Waals surface area contributed by atoms with Crippen LogP contribution in [0.5, 0.6) is 0 Å². The van der Waals surface area contributed by atoms with Gasteiger partial charge in [0, 0.05) is 5.54 Å². The second-order valence-electron chi connectivity index (χ2n) is 7.75. The van der Waals surface area contributed by atoms with Crippen molar-refractivity contribution in [3.63, 3.8) is 0 Å². The SMILES string of the molecule is COC(=O)c1ccc(C2(N)CC2)cc1.COC(=O)c1ccc(C2(N=C=O)CC2)cc1.O=C(Cl)Cl. The maximum atomic E-state index is 11.2. The molecule has 8 nitrogen and oxygen atoms in total. The molecule has 0 atom stereocenters. The van der Waals surface area contributed by atoms with Gasteiger partial charge in [0.15, 0.2) is 0 Å². The summed E-state index contributed by atoms with van der Waals surface area (Å²) in [4.78, 5) is 45.4. The summed E-state index contributed by atoms with van der Waals surface area (Å²) < 4.78 is 8.32. The number of rotatable bonds is 5. The Kier molecular flexibility index (Phi) is 9.53. The quantitative estimate of drug-likeness (QED) is 0.267. The van der Waals surface area contributed by atoms with Gasteiger partial charge in [0.05, 0.1) is 30.9 Å². The van der Waals surface area contributed by atoms with E-state index in [-0.39, 0.29) is 23.0 Å². The first-order chi connectivity index (χ1) is 16.1. The van der Waals surface area contributed by atoms with Crippen molar-refractivity contribution in [2.75, 3.05) is 14.2 Å². The number of methoxy groups -OCH3 is 2. The topological polar surface area (TPSA) is 125 Å². The maximum absolute atomic E-state index is 11.2. The van der Waals surface area contributed by atoms with Gasteiger partial charge in [0.1, 0.15) is 0 Å². The van der Waals surface area contributed by atoms with Crippen LogP contribution in [0.3, 0.4) is 0 Å². The molecule has 0 amide bonds. The lowest BCUT2D eigenvalue weighted by Gasteiger charge is -2.08. The molecule has 0 spiro atoms. The van der Waals surface area contributed by atoms with E-state index in [1.807, 2.05) is 12.1 Å². The number of hydrogen-bond donors (Lipinski definition) is 1. The largest absolute Gasteiger partial charge is 0.465 e. The Morgan fingerprint density at radius 2 is 1.21 bits per heavy atom. The smallest absolute Gasteiger partial charge is 0.337 e. The van der Waals surface area contributed by atoms with E-state index < -0.39 is 4.70 Å². The molecule has 4 rings (SSSR count). The number of halogens is 2. The monoisotopic (exact) mass is 506 g/mol. The van der Waals surface area contributed by atoms with E-state index in [0.29, 0.717) is 11.1 Å². The highest BCUT2D eigenvalue weighted by Gasteiger charge is 2.44. The molecular weight excluding hydrogens is 483 g/mol.